The predicted molar refractivity (Wildman–Crippen MR) is 85.0 cm³/mol. The Hall–Kier alpha value is -3.41. The number of carboxylic acid groups (broad SMARTS) is 1. The van der Waals surface area contributed by atoms with Crippen LogP contribution in [0.25, 0.3) is 6.08 Å². The van der Waals surface area contributed by atoms with Crippen LogP contribution >= 0.6 is 0 Å². The molecule has 0 aliphatic rings. The van der Waals surface area contributed by atoms with Crippen LogP contribution in [0.3, 0.4) is 0 Å². The molecule has 0 heterocycles. The highest BCUT2D eigenvalue weighted by molar-refractivity contribution is 5.98. The molecular weight excluding hydrogens is 312 g/mol. The van der Waals surface area contributed by atoms with Crippen molar-refractivity contribution >= 4 is 24.0 Å². The first-order valence-electron chi connectivity index (χ1n) is 6.98. The van der Waals surface area contributed by atoms with Crippen LogP contribution in [-0.2, 0) is 14.6 Å². The molecule has 24 heavy (non-hydrogen) atoms. The predicted octanol–water partition coefficient (Wildman–Crippen LogP) is 3.10. The molecule has 0 atom stereocenters. The van der Waals surface area contributed by atoms with Crippen LogP contribution in [-0.4, -0.2) is 23.0 Å². The Kier molecular flexibility index (Phi) is 5.46. The second kappa shape index (κ2) is 7.73. The highest BCUT2D eigenvalue weighted by atomic mass is 17.2. The minimum Gasteiger partial charge on any atom is -0.478 e. The Balaban J connectivity index is 2.12. The molecule has 0 aromatic heterocycles. The Morgan fingerprint density at radius 1 is 0.875 bits per heavy atom. The van der Waals surface area contributed by atoms with Gasteiger partial charge >= 0.3 is 17.9 Å². The Morgan fingerprint density at radius 3 is 2.12 bits per heavy atom. The molecule has 0 unspecified atom stereocenters. The van der Waals surface area contributed by atoms with Gasteiger partial charge in [0.25, 0.3) is 0 Å². The van der Waals surface area contributed by atoms with Gasteiger partial charge in [0.1, 0.15) is 0 Å². The first-order chi connectivity index (χ1) is 11.5. The summed E-state index contributed by atoms with van der Waals surface area (Å²) >= 11 is 0. The van der Waals surface area contributed by atoms with E-state index in [2.05, 4.69) is 9.78 Å². The normalized spacial score (nSPS) is 10.8. The molecule has 0 saturated heterocycles. The van der Waals surface area contributed by atoms with Crippen molar-refractivity contribution < 1.29 is 29.3 Å². The van der Waals surface area contributed by atoms with E-state index < -0.39 is 17.9 Å². The third-order valence-corrected chi connectivity index (χ3v) is 3.09. The summed E-state index contributed by atoms with van der Waals surface area (Å²) in [5.74, 6) is -2.81. The lowest BCUT2D eigenvalue weighted by molar-refractivity contribution is -0.187. The van der Waals surface area contributed by atoms with Crippen LogP contribution in [0.4, 0.5) is 0 Å². The number of benzene rings is 2. The summed E-state index contributed by atoms with van der Waals surface area (Å²) in [6.07, 6.45) is 1.33. The van der Waals surface area contributed by atoms with Crippen LogP contribution in [0.15, 0.2) is 60.2 Å². The van der Waals surface area contributed by atoms with Crippen molar-refractivity contribution in [2.45, 2.75) is 6.92 Å². The standard InChI is InChI=1S/C18H14O6/c1-12(16(19)20)11-14-9-5-6-10-15(14)18(22)24-23-17(21)13-7-3-2-4-8-13/h2-11H,1H3,(H,19,20). The maximum Gasteiger partial charge on any atom is 0.386 e. The molecule has 2 aromatic rings. The summed E-state index contributed by atoms with van der Waals surface area (Å²) in [6, 6.07) is 14.3. The first kappa shape index (κ1) is 17.0. The molecule has 122 valence electrons. The van der Waals surface area contributed by atoms with E-state index in [1.807, 2.05) is 0 Å². The van der Waals surface area contributed by atoms with E-state index in [0.717, 1.165) is 0 Å². The molecule has 0 aliphatic carbocycles. The maximum absolute atomic E-state index is 12.1. The third kappa shape index (κ3) is 4.30. The number of aliphatic carboxylic acids is 1. The average Bonchev–Trinajstić information content (AvgIpc) is 2.60. The van der Waals surface area contributed by atoms with Gasteiger partial charge in [-0.2, -0.15) is 0 Å². The number of hydrogen-bond acceptors (Lipinski definition) is 5. The van der Waals surface area contributed by atoms with Gasteiger partial charge in [-0.05, 0) is 36.8 Å². The molecule has 0 saturated carbocycles. The van der Waals surface area contributed by atoms with Crippen LogP contribution in [0.5, 0.6) is 0 Å². The van der Waals surface area contributed by atoms with E-state index in [9.17, 15) is 14.4 Å². The number of carbonyl (C=O) groups is 3. The molecule has 0 bridgehead atoms. The van der Waals surface area contributed by atoms with Gasteiger partial charge in [0.05, 0.1) is 11.1 Å². The molecular formula is C18H14O6. The van der Waals surface area contributed by atoms with Crippen molar-refractivity contribution in [3.05, 3.63) is 76.9 Å². The van der Waals surface area contributed by atoms with Gasteiger partial charge < -0.3 is 5.11 Å². The van der Waals surface area contributed by atoms with Gasteiger partial charge in [0.2, 0.25) is 0 Å². The van der Waals surface area contributed by atoms with E-state index in [1.54, 1.807) is 36.4 Å². The van der Waals surface area contributed by atoms with E-state index in [-0.39, 0.29) is 16.7 Å². The van der Waals surface area contributed by atoms with Crippen LogP contribution in [0.1, 0.15) is 33.2 Å². The first-order valence-corrected chi connectivity index (χ1v) is 6.98. The smallest absolute Gasteiger partial charge is 0.386 e. The van der Waals surface area contributed by atoms with Crippen molar-refractivity contribution in [2.24, 2.45) is 0 Å². The quantitative estimate of drug-likeness (QED) is 0.527. The number of carboxylic acids is 1. The average molecular weight is 326 g/mol. The van der Waals surface area contributed by atoms with E-state index in [4.69, 9.17) is 5.11 Å². The van der Waals surface area contributed by atoms with Gasteiger partial charge in [0.15, 0.2) is 0 Å². The Morgan fingerprint density at radius 2 is 1.46 bits per heavy atom. The molecule has 0 amide bonds. The Labute approximate surface area is 137 Å². The second-order valence-corrected chi connectivity index (χ2v) is 4.83. The molecule has 6 nitrogen and oxygen atoms in total. The highest BCUT2D eigenvalue weighted by Crippen LogP contribution is 2.15. The number of hydrogen-bond donors (Lipinski definition) is 1. The van der Waals surface area contributed by atoms with Gasteiger partial charge in [-0.25, -0.2) is 24.2 Å². The van der Waals surface area contributed by atoms with Gasteiger partial charge in [-0.1, -0.05) is 36.4 Å². The molecule has 6 heteroatoms. The lowest BCUT2D eigenvalue weighted by atomic mass is 10.1. The molecule has 2 rings (SSSR count). The lowest BCUT2D eigenvalue weighted by Crippen LogP contribution is -2.12. The molecule has 0 spiro atoms. The van der Waals surface area contributed by atoms with Crippen LogP contribution in [0.2, 0.25) is 0 Å². The number of carbonyl (C=O) groups excluding carboxylic acids is 2. The molecule has 1 N–H and O–H groups in total. The fourth-order valence-electron chi connectivity index (χ4n) is 1.85. The van der Waals surface area contributed by atoms with Gasteiger partial charge in [-0.15, -0.1) is 0 Å². The van der Waals surface area contributed by atoms with Crippen molar-refractivity contribution in [1.29, 1.82) is 0 Å². The summed E-state index contributed by atoms with van der Waals surface area (Å²) in [5.41, 5.74) is 0.717. The van der Waals surface area contributed by atoms with Crippen molar-refractivity contribution in [1.82, 2.24) is 0 Å². The molecule has 0 fully saturated rings. The number of rotatable bonds is 4. The summed E-state index contributed by atoms with van der Waals surface area (Å²) < 4.78 is 0. The zero-order valence-electron chi connectivity index (χ0n) is 12.8. The molecule has 0 radical (unpaired) electrons. The van der Waals surface area contributed by atoms with Crippen LogP contribution in [0, 0.1) is 0 Å². The fourth-order valence-corrected chi connectivity index (χ4v) is 1.85. The van der Waals surface area contributed by atoms with Crippen molar-refractivity contribution in [3.8, 4) is 0 Å². The molecule has 2 aromatic carbocycles. The summed E-state index contributed by atoms with van der Waals surface area (Å²) in [5, 5.41) is 8.92. The fraction of sp³-hybridized carbons (Fsp3) is 0.0556. The van der Waals surface area contributed by atoms with E-state index >= 15 is 0 Å². The summed E-state index contributed by atoms with van der Waals surface area (Å²) in [6.45, 7) is 1.40. The SMILES string of the molecule is CC(=Cc1ccccc1C(=O)OOC(=O)c1ccccc1)C(=O)O. The van der Waals surface area contributed by atoms with E-state index in [1.165, 1.54) is 31.2 Å². The Bertz CT molecular complexity index is 792. The van der Waals surface area contributed by atoms with Gasteiger partial charge in [0, 0.05) is 5.57 Å². The molecule has 0 aliphatic heterocycles. The zero-order chi connectivity index (χ0) is 17.5. The lowest BCUT2D eigenvalue weighted by Gasteiger charge is -2.06. The second-order valence-electron chi connectivity index (χ2n) is 4.83. The maximum atomic E-state index is 12.1. The highest BCUT2D eigenvalue weighted by Gasteiger charge is 2.16. The van der Waals surface area contributed by atoms with Crippen molar-refractivity contribution in [2.75, 3.05) is 0 Å². The minimum atomic E-state index is -1.10. The van der Waals surface area contributed by atoms with Gasteiger partial charge in [-0.3, -0.25) is 0 Å². The van der Waals surface area contributed by atoms with Crippen LogP contribution < -0.4 is 0 Å². The topological polar surface area (TPSA) is 89.9 Å². The minimum absolute atomic E-state index is 0.0523. The zero-order valence-corrected chi connectivity index (χ0v) is 12.8. The largest absolute Gasteiger partial charge is 0.478 e. The third-order valence-electron chi connectivity index (χ3n) is 3.09. The van der Waals surface area contributed by atoms with Crippen molar-refractivity contribution in [3.63, 3.8) is 0 Å². The summed E-state index contributed by atoms with van der Waals surface area (Å²) in [4.78, 5) is 43.8. The monoisotopic (exact) mass is 326 g/mol. The summed E-state index contributed by atoms with van der Waals surface area (Å²) in [7, 11) is 0. The van der Waals surface area contributed by atoms with E-state index in [0.29, 0.717) is 5.56 Å².